The van der Waals surface area contributed by atoms with Crippen LogP contribution in [0.25, 0.3) is 11.4 Å². The van der Waals surface area contributed by atoms with Crippen molar-refractivity contribution in [3.63, 3.8) is 0 Å². The number of hydrogen-bond acceptors (Lipinski definition) is 4. The van der Waals surface area contributed by atoms with E-state index >= 15 is 0 Å². The molecule has 0 radical (unpaired) electrons. The van der Waals surface area contributed by atoms with Crippen LogP contribution >= 0.6 is 0 Å². The van der Waals surface area contributed by atoms with Gasteiger partial charge in [-0.1, -0.05) is 17.7 Å². The van der Waals surface area contributed by atoms with Crippen LogP contribution in [0.4, 0.5) is 5.69 Å². The predicted octanol–water partition coefficient (Wildman–Crippen LogP) is 4.64. The van der Waals surface area contributed by atoms with Crippen LogP contribution < -0.4 is 10.1 Å². The van der Waals surface area contributed by atoms with Crippen molar-refractivity contribution < 1.29 is 9.53 Å². The van der Waals surface area contributed by atoms with E-state index in [-0.39, 0.29) is 5.91 Å². The zero-order valence-corrected chi connectivity index (χ0v) is 16.3. The molecule has 0 bridgehead atoms. The van der Waals surface area contributed by atoms with Gasteiger partial charge in [0.1, 0.15) is 5.75 Å². The van der Waals surface area contributed by atoms with Crippen molar-refractivity contribution in [1.29, 1.82) is 0 Å². The van der Waals surface area contributed by atoms with Crippen LogP contribution in [0.2, 0.25) is 0 Å². The summed E-state index contributed by atoms with van der Waals surface area (Å²) in [6.07, 6.45) is 1.58. The van der Waals surface area contributed by atoms with Gasteiger partial charge in [-0.25, -0.2) is 9.97 Å². The molecule has 3 aromatic rings. The SMILES string of the molecule is COc1ccc(-c2ncc(C(=O)Nc3c(C)cc(C)cc3C)c(C)n2)cc1. The average molecular weight is 361 g/mol. The molecule has 0 aliphatic heterocycles. The highest BCUT2D eigenvalue weighted by Crippen LogP contribution is 2.24. The van der Waals surface area contributed by atoms with Crippen LogP contribution in [0.1, 0.15) is 32.7 Å². The smallest absolute Gasteiger partial charge is 0.259 e. The van der Waals surface area contributed by atoms with Crippen LogP contribution in [0.3, 0.4) is 0 Å². The van der Waals surface area contributed by atoms with Crippen molar-refractivity contribution in [3.05, 3.63) is 70.5 Å². The van der Waals surface area contributed by atoms with E-state index in [1.165, 1.54) is 5.56 Å². The van der Waals surface area contributed by atoms with Gasteiger partial charge in [0.15, 0.2) is 5.82 Å². The molecule has 0 aliphatic rings. The maximum Gasteiger partial charge on any atom is 0.259 e. The Hall–Kier alpha value is -3.21. The van der Waals surface area contributed by atoms with Gasteiger partial charge >= 0.3 is 0 Å². The van der Waals surface area contributed by atoms with Crippen molar-refractivity contribution in [1.82, 2.24) is 9.97 Å². The summed E-state index contributed by atoms with van der Waals surface area (Å²) in [6, 6.07) is 11.6. The standard InChI is InChI=1S/C22H23N3O2/c1-13-10-14(2)20(15(3)11-13)25-22(26)19-12-23-21(24-16(19)4)17-6-8-18(27-5)9-7-17/h6-12H,1-5H3,(H,25,26). The minimum absolute atomic E-state index is 0.205. The molecule has 138 valence electrons. The highest BCUT2D eigenvalue weighted by atomic mass is 16.5. The van der Waals surface area contributed by atoms with Gasteiger partial charge in [-0.2, -0.15) is 0 Å². The molecule has 0 unspecified atom stereocenters. The molecule has 27 heavy (non-hydrogen) atoms. The number of carbonyl (C=O) groups is 1. The molecule has 0 aliphatic carbocycles. The Morgan fingerprint density at radius 2 is 1.63 bits per heavy atom. The predicted molar refractivity (Wildman–Crippen MR) is 107 cm³/mol. The first-order valence-electron chi connectivity index (χ1n) is 8.76. The Morgan fingerprint density at radius 3 is 2.19 bits per heavy atom. The molecule has 0 saturated heterocycles. The highest BCUT2D eigenvalue weighted by Gasteiger charge is 2.15. The zero-order valence-electron chi connectivity index (χ0n) is 16.3. The number of benzene rings is 2. The second-order valence-corrected chi connectivity index (χ2v) is 6.65. The third kappa shape index (κ3) is 3.97. The lowest BCUT2D eigenvalue weighted by atomic mass is 10.0. The molecule has 5 nitrogen and oxygen atoms in total. The van der Waals surface area contributed by atoms with Crippen LogP contribution in [-0.4, -0.2) is 23.0 Å². The first kappa shape index (κ1) is 18.6. The van der Waals surface area contributed by atoms with Crippen LogP contribution in [0.15, 0.2) is 42.6 Å². The van der Waals surface area contributed by atoms with Gasteiger partial charge in [-0.05, 0) is 63.1 Å². The Balaban J connectivity index is 1.86. The molecule has 1 aromatic heterocycles. The zero-order chi connectivity index (χ0) is 19.6. The topological polar surface area (TPSA) is 64.1 Å². The monoisotopic (exact) mass is 361 g/mol. The Labute approximate surface area is 159 Å². The summed E-state index contributed by atoms with van der Waals surface area (Å²) in [5.74, 6) is 1.15. The van der Waals surface area contributed by atoms with E-state index < -0.39 is 0 Å². The Kier molecular flexibility index (Phi) is 5.21. The van der Waals surface area contributed by atoms with E-state index in [2.05, 4.69) is 27.4 Å². The molecular weight excluding hydrogens is 338 g/mol. The summed E-state index contributed by atoms with van der Waals surface area (Å²) in [5, 5.41) is 3.00. The molecule has 1 heterocycles. The Morgan fingerprint density at radius 1 is 1.00 bits per heavy atom. The van der Waals surface area contributed by atoms with Crippen molar-refractivity contribution in [2.24, 2.45) is 0 Å². The van der Waals surface area contributed by atoms with Gasteiger partial charge in [-0.15, -0.1) is 0 Å². The van der Waals surface area contributed by atoms with Gasteiger partial charge in [0.05, 0.1) is 18.4 Å². The molecule has 0 saturated carbocycles. The summed E-state index contributed by atoms with van der Waals surface area (Å²) in [7, 11) is 1.63. The first-order valence-corrected chi connectivity index (χ1v) is 8.76. The normalized spacial score (nSPS) is 10.6. The lowest BCUT2D eigenvalue weighted by Crippen LogP contribution is -2.16. The molecular formula is C22H23N3O2. The fourth-order valence-electron chi connectivity index (χ4n) is 3.13. The maximum atomic E-state index is 12.7. The second kappa shape index (κ2) is 7.58. The summed E-state index contributed by atoms with van der Waals surface area (Å²) >= 11 is 0. The minimum atomic E-state index is -0.205. The number of nitrogens with zero attached hydrogens (tertiary/aromatic N) is 2. The molecule has 0 fully saturated rings. The minimum Gasteiger partial charge on any atom is -0.497 e. The average Bonchev–Trinajstić information content (AvgIpc) is 2.64. The third-order valence-electron chi connectivity index (χ3n) is 4.49. The van der Waals surface area contributed by atoms with E-state index in [9.17, 15) is 4.79 Å². The van der Waals surface area contributed by atoms with Crippen molar-refractivity contribution in [3.8, 4) is 17.1 Å². The van der Waals surface area contributed by atoms with Crippen molar-refractivity contribution >= 4 is 11.6 Å². The van der Waals surface area contributed by atoms with Gasteiger partial charge in [0, 0.05) is 17.4 Å². The number of hydrogen-bond donors (Lipinski definition) is 1. The van der Waals surface area contributed by atoms with Crippen molar-refractivity contribution in [2.45, 2.75) is 27.7 Å². The molecule has 2 aromatic carbocycles. The molecule has 0 spiro atoms. The second-order valence-electron chi connectivity index (χ2n) is 6.65. The highest BCUT2D eigenvalue weighted by molar-refractivity contribution is 6.05. The maximum absolute atomic E-state index is 12.7. The summed E-state index contributed by atoms with van der Waals surface area (Å²) in [6.45, 7) is 7.84. The summed E-state index contributed by atoms with van der Waals surface area (Å²) in [5.41, 5.74) is 6.05. The number of aryl methyl sites for hydroxylation is 4. The van der Waals surface area contributed by atoms with Crippen LogP contribution in [0, 0.1) is 27.7 Å². The van der Waals surface area contributed by atoms with E-state index in [1.807, 2.05) is 52.0 Å². The third-order valence-corrected chi connectivity index (χ3v) is 4.49. The van der Waals surface area contributed by atoms with E-state index in [0.717, 1.165) is 28.1 Å². The van der Waals surface area contributed by atoms with E-state index in [4.69, 9.17) is 4.74 Å². The van der Waals surface area contributed by atoms with E-state index in [1.54, 1.807) is 13.3 Å². The lowest BCUT2D eigenvalue weighted by molar-refractivity contribution is 0.102. The van der Waals surface area contributed by atoms with E-state index in [0.29, 0.717) is 17.1 Å². The quantitative estimate of drug-likeness (QED) is 0.735. The summed E-state index contributed by atoms with van der Waals surface area (Å²) in [4.78, 5) is 21.6. The fraction of sp³-hybridized carbons (Fsp3) is 0.227. The number of aromatic nitrogens is 2. The fourth-order valence-corrected chi connectivity index (χ4v) is 3.13. The van der Waals surface area contributed by atoms with Gasteiger partial charge in [0.2, 0.25) is 0 Å². The molecule has 1 N–H and O–H groups in total. The van der Waals surface area contributed by atoms with Gasteiger partial charge in [-0.3, -0.25) is 4.79 Å². The largest absolute Gasteiger partial charge is 0.497 e. The van der Waals surface area contributed by atoms with Gasteiger partial charge in [0.25, 0.3) is 5.91 Å². The number of amides is 1. The van der Waals surface area contributed by atoms with Crippen molar-refractivity contribution in [2.75, 3.05) is 12.4 Å². The lowest BCUT2D eigenvalue weighted by Gasteiger charge is -2.14. The van der Waals surface area contributed by atoms with Crippen LogP contribution in [0.5, 0.6) is 5.75 Å². The number of ether oxygens (including phenoxy) is 1. The number of anilines is 1. The molecule has 0 atom stereocenters. The molecule has 3 rings (SSSR count). The molecule has 1 amide bonds. The Bertz CT molecular complexity index is 972. The van der Waals surface area contributed by atoms with Gasteiger partial charge < -0.3 is 10.1 Å². The number of methoxy groups -OCH3 is 1. The number of rotatable bonds is 4. The summed E-state index contributed by atoms with van der Waals surface area (Å²) < 4.78 is 5.17. The van der Waals surface area contributed by atoms with Crippen LogP contribution in [-0.2, 0) is 0 Å². The number of nitrogens with one attached hydrogen (secondary N) is 1. The number of carbonyl (C=O) groups excluding carboxylic acids is 1. The first-order chi connectivity index (χ1) is 12.9. The molecule has 5 heteroatoms.